The summed E-state index contributed by atoms with van der Waals surface area (Å²) in [6, 6.07) is 6.56. The lowest BCUT2D eigenvalue weighted by Gasteiger charge is -2.13. The number of amides is 2. The number of pyridine rings is 1. The van der Waals surface area contributed by atoms with Crippen LogP contribution in [0.5, 0.6) is 5.75 Å². The van der Waals surface area contributed by atoms with Gasteiger partial charge in [0.2, 0.25) is 0 Å². The molecule has 2 aromatic rings. The SMILES string of the molecule is Cc1cncc(C(=O)NCc2ccc(C(=N)N)cc2OCC(N)=O)c1.Cl. The maximum absolute atomic E-state index is 12.2. The third-order valence-corrected chi connectivity index (χ3v) is 3.32. The number of rotatable bonds is 7. The molecule has 0 fully saturated rings. The molecule has 1 aromatic heterocycles. The quantitative estimate of drug-likeness (QED) is 0.418. The number of amidine groups is 1. The first-order chi connectivity index (χ1) is 11.9. The Balaban J connectivity index is 0.00000338. The largest absolute Gasteiger partial charge is 0.483 e. The summed E-state index contributed by atoms with van der Waals surface area (Å²) in [4.78, 5) is 27.1. The number of benzene rings is 1. The number of aryl methyl sites for hydroxylation is 1. The number of hydrogen-bond donors (Lipinski definition) is 4. The number of nitrogens with zero attached hydrogens (tertiary/aromatic N) is 1. The fourth-order valence-electron chi connectivity index (χ4n) is 2.11. The number of carbonyl (C=O) groups excluding carboxylic acids is 2. The highest BCUT2D eigenvalue weighted by molar-refractivity contribution is 5.95. The zero-order chi connectivity index (χ0) is 18.4. The molecule has 1 aromatic carbocycles. The fraction of sp³-hybridized carbons (Fsp3) is 0.176. The molecule has 138 valence electrons. The smallest absolute Gasteiger partial charge is 0.255 e. The molecule has 0 saturated carbocycles. The van der Waals surface area contributed by atoms with Crippen LogP contribution in [0.3, 0.4) is 0 Å². The Morgan fingerprint density at radius 3 is 2.54 bits per heavy atom. The van der Waals surface area contributed by atoms with Gasteiger partial charge in [-0.25, -0.2) is 0 Å². The highest BCUT2D eigenvalue weighted by Crippen LogP contribution is 2.20. The van der Waals surface area contributed by atoms with E-state index in [4.69, 9.17) is 21.6 Å². The number of nitrogen functional groups attached to an aromatic ring is 1. The maximum atomic E-state index is 12.2. The Kier molecular flexibility index (Phi) is 7.54. The van der Waals surface area contributed by atoms with Crippen molar-refractivity contribution in [3.05, 3.63) is 58.9 Å². The summed E-state index contributed by atoms with van der Waals surface area (Å²) < 4.78 is 5.36. The van der Waals surface area contributed by atoms with Crippen molar-refractivity contribution in [3.8, 4) is 5.75 Å². The Hall–Kier alpha value is -3.13. The van der Waals surface area contributed by atoms with Gasteiger partial charge in [0.05, 0.1) is 5.56 Å². The van der Waals surface area contributed by atoms with Gasteiger partial charge < -0.3 is 21.5 Å². The van der Waals surface area contributed by atoms with E-state index in [2.05, 4.69) is 10.3 Å². The van der Waals surface area contributed by atoms with Crippen molar-refractivity contribution >= 4 is 30.1 Å². The molecule has 26 heavy (non-hydrogen) atoms. The summed E-state index contributed by atoms with van der Waals surface area (Å²) in [7, 11) is 0. The third-order valence-electron chi connectivity index (χ3n) is 3.32. The van der Waals surface area contributed by atoms with Gasteiger partial charge >= 0.3 is 0 Å². The number of nitrogens with one attached hydrogen (secondary N) is 2. The Morgan fingerprint density at radius 1 is 1.19 bits per heavy atom. The standard InChI is InChI=1S/C17H19N5O3.ClH/c1-10-4-13(7-21-6-10)17(24)22-8-12-3-2-11(16(19)20)5-14(12)25-9-15(18)23;/h2-7H,8-9H2,1H3,(H2,18,23)(H3,19,20)(H,22,24);1H. The predicted octanol–water partition coefficient (Wildman–Crippen LogP) is 0.890. The van der Waals surface area contributed by atoms with Gasteiger partial charge in [-0.05, 0) is 24.6 Å². The number of halogens is 1. The van der Waals surface area contributed by atoms with E-state index in [0.29, 0.717) is 22.4 Å². The van der Waals surface area contributed by atoms with E-state index in [1.807, 2.05) is 6.92 Å². The second-order valence-corrected chi connectivity index (χ2v) is 5.42. The second-order valence-electron chi connectivity index (χ2n) is 5.42. The number of nitrogens with two attached hydrogens (primary N) is 2. The van der Waals surface area contributed by atoms with Crippen molar-refractivity contribution < 1.29 is 14.3 Å². The molecule has 0 atom stereocenters. The third kappa shape index (κ3) is 5.75. The van der Waals surface area contributed by atoms with E-state index in [-0.39, 0.29) is 37.3 Å². The van der Waals surface area contributed by atoms with Crippen LogP contribution in [0.25, 0.3) is 0 Å². The Bertz CT molecular complexity index is 826. The number of ether oxygens (including phenoxy) is 1. The van der Waals surface area contributed by atoms with Gasteiger partial charge in [0.15, 0.2) is 6.61 Å². The van der Waals surface area contributed by atoms with Gasteiger partial charge in [-0.3, -0.25) is 20.0 Å². The second kappa shape index (κ2) is 9.38. The monoisotopic (exact) mass is 377 g/mol. The van der Waals surface area contributed by atoms with Gasteiger partial charge in [0.1, 0.15) is 11.6 Å². The molecular formula is C17H20ClN5O3. The van der Waals surface area contributed by atoms with Crippen LogP contribution in [0.1, 0.15) is 27.0 Å². The highest BCUT2D eigenvalue weighted by Gasteiger charge is 2.11. The summed E-state index contributed by atoms with van der Waals surface area (Å²) in [5, 5.41) is 10.2. The van der Waals surface area contributed by atoms with Crippen molar-refractivity contribution in [2.45, 2.75) is 13.5 Å². The van der Waals surface area contributed by atoms with Crippen LogP contribution in [-0.4, -0.2) is 29.2 Å². The molecule has 8 nitrogen and oxygen atoms in total. The van der Waals surface area contributed by atoms with E-state index in [0.717, 1.165) is 5.56 Å². The van der Waals surface area contributed by atoms with Gasteiger partial charge in [0, 0.05) is 30.1 Å². The van der Waals surface area contributed by atoms with Gasteiger partial charge in [-0.15, -0.1) is 12.4 Å². The fourth-order valence-corrected chi connectivity index (χ4v) is 2.11. The average Bonchev–Trinajstić information content (AvgIpc) is 2.57. The zero-order valence-electron chi connectivity index (χ0n) is 14.1. The van der Waals surface area contributed by atoms with Gasteiger partial charge in [-0.1, -0.05) is 12.1 Å². The number of aromatic nitrogens is 1. The van der Waals surface area contributed by atoms with Crippen molar-refractivity contribution in [2.24, 2.45) is 11.5 Å². The van der Waals surface area contributed by atoms with E-state index in [1.54, 1.807) is 24.4 Å². The minimum atomic E-state index is -0.631. The van der Waals surface area contributed by atoms with Crippen LogP contribution in [0.15, 0.2) is 36.7 Å². The zero-order valence-corrected chi connectivity index (χ0v) is 14.9. The van der Waals surface area contributed by atoms with Crippen LogP contribution in [-0.2, 0) is 11.3 Å². The summed E-state index contributed by atoms with van der Waals surface area (Å²) >= 11 is 0. The topological polar surface area (TPSA) is 144 Å². The molecule has 0 bridgehead atoms. The van der Waals surface area contributed by atoms with E-state index in [9.17, 15) is 9.59 Å². The molecule has 0 spiro atoms. The molecular weight excluding hydrogens is 358 g/mol. The maximum Gasteiger partial charge on any atom is 0.255 e. The molecule has 9 heteroatoms. The lowest BCUT2D eigenvalue weighted by molar-refractivity contribution is -0.119. The van der Waals surface area contributed by atoms with Crippen molar-refractivity contribution in [1.29, 1.82) is 5.41 Å². The number of primary amides is 1. The van der Waals surface area contributed by atoms with Crippen LogP contribution >= 0.6 is 12.4 Å². The van der Waals surface area contributed by atoms with Crippen molar-refractivity contribution in [1.82, 2.24) is 10.3 Å². The van der Waals surface area contributed by atoms with E-state index in [1.165, 1.54) is 12.3 Å². The van der Waals surface area contributed by atoms with Crippen LogP contribution in [0.2, 0.25) is 0 Å². The normalized spacial score (nSPS) is 9.73. The summed E-state index contributed by atoms with van der Waals surface area (Å²) in [5.41, 5.74) is 12.9. The van der Waals surface area contributed by atoms with Crippen molar-refractivity contribution in [3.63, 3.8) is 0 Å². The van der Waals surface area contributed by atoms with E-state index < -0.39 is 5.91 Å². The molecule has 0 unspecified atom stereocenters. The van der Waals surface area contributed by atoms with E-state index >= 15 is 0 Å². The summed E-state index contributed by atoms with van der Waals surface area (Å²) in [5.74, 6) is -0.721. The molecule has 2 rings (SSSR count). The molecule has 0 radical (unpaired) electrons. The summed E-state index contributed by atoms with van der Waals surface area (Å²) in [6.07, 6.45) is 3.14. The first-order valence-corrected chi connectivity index (χ1v) is 7.45. The van der Waals surface area contributed by atoms with Gasteiger partial charge in [-0.2, -0.15) is 0 Å². The minimum Gasteiger partial charge on any atom is -0.483 e. The molecule has 0 aliphatic carbocycles. The first kappa shape index (κ1) is 20.9. The average molecular weight is 378 g/mol. The lowest BCUT2D eigenvalue weighted by Crippen LogP contribution is -2.25. The van der Waals surface area contributed by atoms with Crippen LogP contribution < -0.4 is 21.5 Å². The minimum absolute atomic E-state index is 0. The molecule has 0 aliphatic rings. The Labute approximate surface area is 156 Å². The molecule has 0 saturated heterocycles. The van der Waals surface area contributed by atoms with Gasteiger partial charge in [0.25, 0.3) is 11.8 Å². The molecule has 6 N–H and O–H groups in total. The first-order valence-electron chi connectivity index (χ1n) is 7.45. The highest BCUT2D eigenvalue weighted by atomic mass is 35.5. The predicted molar refractivity (Wildman–Crippen MR) is 99.5 cm³/mol. The Morgan fingerprint density at radius 2 is 1.92 bits per heavy atom. The van der Waals surface area contributed by atoms with Crippen LogP contribution in [0.4, 0.5) is 0 Å². The number of hydrogen-bond acceptors (Lipinski definition) is 5. The van der Waals surface area contributed by atoms with Crippen molar-refractivity contribution in [2.75, 3.05) is 6.61 Å². The molecule has 0 aliphatic heterocycles. The molecule has 1 heterocycles. The lowest BCUT2D eigenvalue weighted by atomic mass is 10.1. The molecule has 2 amide bonds. The number of carbonyl (C=O) groups is 2. The summed E-state index contributed by atoms with van der Waals surface area (Å²) in [6.45, 7) is 1.70. The van der Waals surface area contributed by atoms with Crippen LogP contribution in [0, 0.1) is 12.3 Å².